The van der Waals surface area contributed by atoms with Crippen LogP contribution in [0.5, 0.6) is 0 Å². The van der Waals surface area contributed by atoms with E-state index in [1.54, 1.807) is 0 Å². The molecule has 0 amide bonds. The highest BCUT2D eigenvalue weighted by molar-refractivity contribution is 5.74. The van der Waals surface area contributed by atoms with Crippen LogP contribution in [0, 0.1) is 5.92 Å². The Kier molecular flexibility index (Phi) is 2.47. The molecule has 0 saturated heterocycles. The maximum Gasteiger partial charge on any atom is 0.280 e. The first-order chi connectivity index (χ1) is 9.02. The number of nitrogens with zero attached hydrogens (tertiary/aromatic N) is 3. The second-order valence-corrected chi connectivity index (χ2v) is 4.70. The lowest BCUT2D eigenvalue weighted by Crippen LogP contribution is -2.45. The molecule has 0 bridgehead atoms. The number of fused-ring (bicyclic) bond motifs is 1. The highest BCUT2D eigenvalue weighted by Crippen LogP contribution is 2.40. The summed E-state index contributed by atoms with van der Waals surface area (Å²) in [6.07, 6.45) is -0.200. The van der Waals surface area contributed by atoms with Gasteiger partial charge in [0.2, 0.25) is 11.9 Å². The molecule has 2 aromatic rings. The Hall–Kier alpha value is -2.13. The molecule has 19 heavy (non-hydrogen) atoms. The van der Waals surface area contributed by atoms with Crippen molar-refractivity contribution < 1.29 is 10.2 Å². The SMILES string of the molecule is Nc1nc2c(nc(N)n2[C@H]2C[C@@H](CO)[C@@H]2O)c(=O)[nH]1. The average Bonchev–Trinajstić information content (AvgIpc) is 2.66. The van der Waals surface area contributed by atoms with Gasteiger partial charge in [-0.3, -0.25) is 14.3 Å². The molecule has 0 aliphatic heterocycles. The van der Waals surface area contributed by atoms with Crippen molar-refractivity contribution in [1.29, 1.82) is 0 Å². The van der Waals surface area contributed by atoms with E-state index in [1.165, 1.54) is 4.57 Å². The molecule has 2 aromatic heterocycles. The predicted molar refractivity (Wildman–Crippen MR) is 67.2 cm³/mol. The van der Waals surface area contributed by atoms with Crippen molar-refractivity contribution in [3.8, 4) is 0 Å². The van der Waals surface area contributed by atoms with Crippen molar-refractivity contribution in [2.24, 2.45) is 5.92 Å². The summed E-state index contributed by atoms with van der Waals surface area (Å²) in [4.78, 5) is 22.0. The monoisotopic (exact) mass is 266 g/mol. The summed E-state index contributed by atoms with van der Waals surface area (Å²) in [6.45, 7) is -0.0969. The molecule has 0 unspecified atom stereocenters. The van der Waals surface area contributed by atoms with Gasteiger partial charge in [-0.05, 0) is 6.42 Å². The van der Waals surface area contributed by atoms with E-state index in [0.29, 0.717) is 6.42 Å². The molecule has 0 spiro atoms. The van der Waals surface area contributed by atoms with Crippen molar-refractivity contribution in [2.75, 3.05) is 18.1 Å². The second-order valence-electron chi connectivity index (χ2n) is 4.70. The number of nitrogen functional groups attached to an aromatic ring is 2. The van der Waals surface area contributed by atoms with Gasteiger partial charge < -0.3 is 21.7 Å². The Morgan fingerprint density at radius 3 is 2.79 bits per heavy atom. The zero-order chi connectivity index (χ0) is 13.7. The van der Waals surface area contributed by atoms with Gasteiger partial charge in [-0.2, -0.15) is 4.98 Å². The van der Waals surface area contributed by atoms with E-state index in [1.807, 2.05) is 0 Å². The number of aliphatic hydroxyl groups excluding tert-OH is 2. The van der Waals surface area contributed by atoms with Gasteiger partial charge in [-0.25, -0.2) is 4.98 Å². The lowest BCUT2D eigenvalue weighted by atomic mass is 9.77. The summed E-state index contributed by atoms with van der Waals surface area (Å²) in [7, 11) is 0. The summed E-state index contributed by atoms with van der Waals surface area (Å²) in [5.74, 6) is -0.133. The number of nitrogens with one attached hydrogen (secondary N) is 1. The highest BCUT2D eigenvalue weighted by atomic mass is 16.3. The molecule has 1 fully saturated rings. The number of hydrogen-bond acceptors (Lipinski definition) is 7. The number of nitrogens with two attached hydrogens (primary N) is 2. The lowest BCUT2D eigenvalue weighted by Gasteiger charge is -2.41. The van der Waals surface area contributed by atoms with Gasteiger partial charge in [0.1, 0.15) is 0 Å². The second kappa shape index (κ2) is 3.93. The number of aromatic amines is 1. The predicted octanol–water partition coefficient (Wildman–Crippen LogP) is -1.80. The molecule has 2 heterocycles. The van der Waals surface area contributed by atoms with E-state index in [9.17, 15) is 9.90 Å². The fraction of sp³-hybridized carbons (Fsp3) is 0.500. The minimum atomic E-state index is -0.744. The zero-order valence-corrected chi connectivity index (χ0v) is 9.95. The molecule has 0 radical (unpaired) electrons. The normalized spacial score (nSPS) is 26.5. The third kappa shape index (κ3) is 1.59. The number of aliphatic hydroxyl groups is 2. The molecule has 102 valence electrons. The molecule has 0 aromatic carbocycles. The largest absolute Gasteiger partial charge is 0.396 e. The van der Waals surface area contributed by atoms with Gasteiger partial charge in [0.05, 0.1) is 12.1 Å². The van der Waals surface area contributed by atoms with Crippen LogP contribution in [-0.2, 0) is 0 Å². The number of aromatic nitrogens is 4. The van der Waals surface area contributed by atoms with Crippen LogP contribution in [0.15, 0.2) is 4.79 Å². The van der Waals surface area contributed by atoms with Crippen LogP contribution >= 0.6 is 0 Å². The van der Waals surface area contributed by atoms with Gasteiger partial charge in [-0.1, -0.05) is 0 Å². The van der Waals surface area contributed by atoms with Gasteiger partial charge in [0.15, 0.2) is 11.2 Å². The topological polar surface area (TPSA) is 156 Å². The van der Waals surface area contributed by atoms with E-state index in [-0.39, 0.29) is 41.6 Å². The van der Waals surface area contributed by atoms with Crippen LogP contribution in [0.1, 0.15) is 12.5 Å². The number of anilines is 2. The average molecular weight is 266 g/mol. The van der Waals surface area contributed by atoms with Crippen LogP contribution < -0.4 is 17.0 Å². The quantitative estimate of drug-likeness (QED) is 0.429. The number of H-pyrrole nitrogens is 1. The van der Waals surface area contributed by atoms with Crippen LogP contribution in [0.25, 0.3) is 11.2 Å². The Morgan fingerprint density at radius 1 is 1.42 bits per heavy atom. The minimum Gasteiger partial charge on any atom is -0.396 e. The fourth-order valence-corrected chi connectivity index (χ4v) is 2.49. The van der Waals surface area contributed by atoms with E-state index in [4.69, 9.17) is 16.6 Å². The first kappa shape index (κ1) is 11.9. The first-order valence-electron chi connectivity index (χ1n) is 5.85. The van der Waals surface area contributed by atoms with Crippen molar-refractivity contribution in [2.45, 2.75) is 18.6 Å². The van der Waals surface area contributed by atoms with Crippen molar-refractivity contribution in [1.82, 2.24) is 19.5 Å². The standard InChI is InChI=1S/C10H14N6O3/c11-9-14-7-5(8(19)15-9)13-10(12)16(7)4-1-3(2-17)6(4)18/h3-4,6,17-18H,1-2H2,(H2,12,13)(H3,11,14,15,19)/t3-,4-,6-/m0/s1. The maximum atomic E-state index is 11.7. The fourth-order valence-electron chi connectivity index (χ4n) is 2.49. The van der Waals surface area contributed by atoms with Crippen LogP contribution in [0.3, 0.4) is 0 Å². The van der Waals surface area contributed by atoms with E-state index >= 15 is 0 Å². The van der Waals surface area contributed by atoms with Gasteiger partial charge in [0, 0.05) is 12.5 Å². The van der Waals surface area contributed by atoms with Gasteiger partial charge in [0.25, 0.3) is 5.56 Å². The number of hydrogen-bond donors (Lipinski definition) is 5. The van der Waals surface area contributed by atoms with Crippen LogP contribution in [-0.4, -0.2) is 42.4 Å². The van der Waals surface area contributed by atoms with E-state index in [2.05, 4.69) is 15.0 Å². The number of rotatable bonds is 2. The molecule has 3 atom stereocenters. The van der Waals surface area contributed by atoms with E-state index < -0.39 is 11.7 Å². The smallest absolute Gasteiger partial charge is 0.280 e. The highest BCUT2D eigenvalue weighted by Gasteiger charge is 2.42. The maximum absolute atomic E-state index is 11.7. The van der Waals surface area contributed by atoms with Crippen LogP contribution in [0.4, 0.5) is 11.9 Å². The molecule has 9 heteroatoms. The summed E-state index contributed by atoms with van der Waals surface area (Å²) in [5, 5.41) is 19.0. The van der Waals surface area contributed by atoms with Crippen molar-refractivity contribution in [3.63, 3.8) is 0 Å². The summed E-state index contributed by atoms with van der Waals surface area (Å²) < 4.78 is 1.50. The van der Waals surface area contributed by atoms with Gasteiger partial charge >= 0.3 is 0 Å². The van der Waals surface area contributed by atoms with Crippen LogP contribution in [0.2, 0.25) is 0 Å². The third-order valence-electron chi connectivity index (χ3n) is 3.58. The third-order valence-corrected chi connectivity index (χ3v) is 3.58. The number of imidazole rings is 1. The Labute approximate surface area is 106 Å². The first-order valence-corrected chi connectivity index (χ1v) is 5.85. The van der Waals surface area contributed by atoms with E-state index in [0.717, 1.165) is 0 Å². The molecule has 9 nitrogen and oxygen atoms in total. The minimum absolute atomic E-state index is 0.0360. The van der Waals surface area contributed by atoms with Crippen molar-refractivity contribution in [3.05, 3.63) is 10.4 Å². The Balaban J connectivity index is 2.14. The van der Waals surface area contributed by atoms with Gasteiger partial charge in [-0.15, -0.1) is 0 Å². The molecule has 3 rings (SSSR count). The lowest BCUT2D eigenvalue weighted by molar-refractivity contribution is -0.0542. The Morgan fingerprint density at radius 2 is 2.16 bits per heavy atom. The molecule has 1 saturated carbocycles. The zero-order valence-electron chi connectivity index (χ0n) is 9.95. The summed E-state index contributed by atoms with van der Waals surface area (Å²) in [6, 6.07) is -0.351. The summed E-state index contributed by atoms with van der Waals surface area (Å²) in [5.41, 5.74) is 11.1. The van der Waals surface area contributed by atoms with Crippen molar-refractivity contribution >= 4 is 23.1 Å². The Bertz CT molecular complexity index is 692. The summed E-state index contributed by atoms with van der Waals surface area (Å²) >= 11 is 0. The molecule has 7 N–H and O–H groups in total. The molecule has 1 aliphatic carbocycles. The molecular formula is C10H14N6O3. The molecule has 1 aliphatic rings. The molecular weight excluding hydrogens is 252 g/mol.